The molecule has 0 radical (unpaired) electrons. The number of unbranched alkanes of at least 4 members (excludes halogenated alkanes) is 7. The van der Waals surface area contributed by atoms with Crippen molar-refractivity contribution in [2.24, 2.45) is 0 Å². The molecular formula is C36H46O6. The van der Waals surface area contributed by atoms with E-state index in [9.17, 15) is 9.59 Å². The maximum Gasteiger partial charge on any atom is 0.343 e. The maximum atomic E-state index is 12.6. The van der Waals surface area contributed by atoms with Crippen LogP contribution in [0.1, 0.15) is 99.3 Å². The highest BCUT2D eigenvalue weighted by Gasteiger charge is 2.13. The van der Waals surface area contributed by atoms with E-state index in [0.29, 0.717) is 36.7 Å². The Hall–Kier alpha value is -3.64. The van der Waals surface area contributed by atoms with Gasteiger partial charge in [0.15, 0.2) is 0 Å². The fraction of sp³-hybridized carbons (Fsp3) is 0.444. The minimum atomic E-state index is -0.422. The van der Waals surface area contributed by atoms with E-state index in [1.165, 1.54) is 44.9 Å². The molecule has 0 N–H and O–H groups in total. The van der Waals surface area contributed by atoms with E-state index >= 15 is 0 Å². The van der Waals surface area contributed by atoms with Crippen molar-refractivity contribution in [3.63, 3.8) is 0 Å². The van der Waals surface area contributed by atoms with Crippen LogP contribution in [-0.4, -0.2) is 37.9 Å². The number of esters is 2. The van der Waals surface area contributed by atoms with Crippen molar-refractivity contribution in [1.82, 2.24) is 0 Å². The van der Waals surface area contributed by atoms with Gasteiger partial charge in [0.05, 0.1) is 24.3 Å². The lowest BCUT2D eigenvalue weighted by atomic mass is 10.0. The molecular weight excluding hydrogens is 528 g/mol. The minimum absolute atomic E-state index is 0.310. The van der Waals surface area contributed by atoms with Gasteiger partial charge in [-0.2, -0.15) is 0 Å². The first-order valence-corrected chi connectivity index (χ1v) is 15.4. The summed E-state index contributed by atoms with van der Waals surface area (Å²) in [7, 11) is 0. The second kappa shape index (κ2) is 18.7. The largest absolute Gasteiger partial charge is 0.494 e. The molecule has 0 aliphatic heterocycles. The van der Waals surface area contributed by atoms with Crippen LogP contribution in [0.25, 0.3) is 11.1 Å². The molecule has 1 atom stereocenters. The first-order valence-electron chi connectivity index (χ1n) is 15.4. The van der Waals surface area contributed by atoms with Gasteiger partial charge in [0.2, 0.25) is 0 Å². The molecule has 3 aromatic rings. The van der Waals surface area contributed by atoms with Crippen LogP contribution in [0.3, 0.4) is 0 Å². The van der Waals surface area contributed by atoms with Gasteiger partial charge < -0.3 is 18.9 Å². The van der Waals surface area contributed by atoms with Crippen LogP contribution in [0.5, 0.6) is 11.5 Å². The molecule has 6 heteroatoms. The topological polar surface area (TPSA) is 71.1 Å². The lowest BCUT2D eigenvalue weighted by molar-refractivity contribution is 0.00226. The Morgan fingerprint density at radius 1 is 0.595 bits per heavy atom. The standard InChI is InChI=1S/C36H46O6/c1-4-6-7-8-9-10-11-12-26-40-33-21-19-32(20-22-33)36(38)42-34-23-17-30(18-24-34)29-13-15-31(16-14-29)35(37)41-28(3)27-39-25-5-2/h13-24,28H,4-12,25-27H2,1-3H3/t28-/m1/s1. The third kappa shape index (κ3) is 11.7. The number of ether oxygens (including phenoxy) is 4. The molecule has 0 amide bonds. The summed E-state index contributed by atoms with van der Waals surface area (Å²) in [6.45, 7) is 7.81. The summed E-state index contributed by atoms with van der Waals surface area (Å²) in [6.07, 6.45) is 10.7. The van der Waals surface area contributed by atoms with Crippen LogP contribution in [0.15, 0.2) is 72.8 Å². The van der Waals surface area contributed by atoms with E-state index in [2.05, 4.69) is 6.92 Å². The first-order chi connectivity index (χ1) is 20.5. The number of hydrogen-bond acceptors (Lipinski definition) is 6. The Morgan fingerprint density at radius 3 is 1.74 bits per heavy atom. The molecule has 0 saturated carbocycles. The summed E-state index contributed by atoms with van der Waals surface area (Å²) < 4.78 is 22.3. The predicted octanol–water partition coefficient (Wildman–Crippen LogP) is 9.06. The van der Waals surface area contributed by atoms with Crippen LogP contribution in [0.2, 0.25) is 0 Å². The van der Waals surface area contributed by atoms with Crippen LogP contribution in [0.4, 0.5) is 0 Å². The van der Waals surface area contributed by atoms with Gasteiger partial charge in [-0.1, -0.05) is 83.1 Å². The van der Waals surface area contributed by atoms with Gasteiger partial charge in [0.25, 0.3) is 0 Å². The van der Waals surface area contributed by atoms with Crippen molar-refractivity contribution >= 4 is 11.9 Å². The highest BCUT2D eigenvalue weighted by Crippen LogP contribution is 2.24. The van der Waals surface area contributed by atoms with Crippen molar-refractivity contribution < 1.29 is 28.5 Å². The zero-order valence-corrected chi connectivity index (χ0v) is 25.4. The molecule has 0 aromatic heterocycles. The van der Waals surface area contributed by atoms with Gasteiger partial charge in [-0.25, -0.2) is 9.59 Å². The average molecular weight is 575 g/mol. The SMILES string of the molecule is CCCCCCCCCCOc1ccc(C(=O)Oc2ccc(-c3ccc(C(=O)O[C@H](C)COCCC)cc3)cc2)cc1. The third-order valence-corrected chi connectivity index (χ3v) is 6.88. The summed E-state index contributed by atoms with van der Waals surface area (Å²) in [5.74, 6) is 0.418. The molecule has 0 spiro atoms. The molecule has 0 heterocycles. The number of carbonyl (C=O) groups excluding carboxylic acids is 2. The molecule has 226 valence electrons. The van der Waals surface area contributed by atoms with Crippen LogP contribution >= 0.6 is 0 Å². The fourth-order valence-corrected chi connectivity index (χ4v) is 4.47. The van der Waals surface area contributed by atoms with E-state index in [-0.39, 0.29) is 12.1 Å². The Labute approximate surface area is 251 Å². The quantitative estimate of drug-likeness (QED) is 0.0808. The summed E-state index contributed by atoms with van der Waals surface area (Å²) in [5.41, 5.74) is 2.82. The Morgan fingerprint density at radius 2 is 1.12 bits per heavy atom. The molecule has 3 rings (SSSR count). The normalized spacial score (nSPS) is 11.6. The van der Waals surface area contributed by atoms with Crippen molar-refractivity contribution in [3.8, 4) is 22.6 Å². The monoisotopic (exact) mass is 574 g/mol. The van der Waals surface area contributed by atoms with Crippen molar-refractivity contribution in [1.29, 1.82) is 0 Å². The van der Waals surface area contributed by atoms with E-state index in [1.54, 1.807) is 36.4 Å². The van der Waals surface area contributed by atoms with Gasteiger partial charge in [-0.3, -0.25) is 0 Å². The molecule has 0 aliphatic rings. The van der Waals surface area contributed by atoms with Crippen molar-refractivity contribution in [2.45, 2.75) is 84.7 Å². The van der Waals surface area contributed by atoms with E-state index in [1.807, 2.05) is 50.2 Å². The lowest BCUT2D eigenvalue weighted by Gasteiger charge is -2.13. The molecule has 0 bridgehead atoms. The molecule has 0 unspecified atom stereocenters. The minimum Gasteiger partial charge on any atom is -0.494 e. The Kier molecular flexibility index (Phi) is 14.7. The highest BCUT2D eigenvalue weighted by atomic mass is 16.6. The Balaban J connectivity index is 1.41. The predicted molar refractivity (Wildman–Crippen MR) is 167 cm³/mol. The third-order valence-electron chi connectivity index (χ3n) is 6.88. The molecule has 6 nitrogen and oxygen atoms in total. The summed E-state index contributed by atoms with van der Waals surface area (Å²) in [5, 5.41) is 0. The maximum absolute atomic E-state index is 12.6. The number of hydrogen-bond donors (Lipinski definition) is 0. The van der Waals surface area contributed by atoms with Gasteiger partial charge in [-0.15, -0.1) is 0 Å². The molecule has 0 fully saturated rings. The highest BCUT2D eigenvalue weighted by molar-refractivity contribution is 5.91. The first kappa shape index (κ1) is 32.9. The Bertz CT molecular complexity index is 1190. The summed E-state index contributed by atoms with van der Waals surface area (Å²) >= 11 is 0. The van der Waals surface area contributed by atoms with E-state index in [0.717, 1.165) is 29.7 Å². The lowest BCUT2D eigenvalue weighted by Crippen LogP contribution is -2.20. The zero-order chi connectivity index (χ0) is 30.0. The number of benzene rings is 3. The van der Waals surface area contributed by atoms with E-state index in [4.69, 9.17) is 18.9 Å². The smallest absolute Gasteiger partial charge is 0.343 e. The van der Waals surface area contributed by atoms with Crippen molar-refractivity contribution in [3.05, 3.63) is 83.9 Å². The average Bonchev–Trinajstić information content (AvgIpc) is 3.01. The van der Waals surface area contributed by atoms with E-state index < -0.39 is 5.97 Å². The molecule has 0 saturated heterocycles. The van der Waals surface area contributed by atoms with Gasteiger partial charge in [0, 0.05) is 6.61 Å². The number of rotatable bonds is 19. The van der Waals surface area contributed by atoms with Gasteiger partial charge in [0.1, 0.15) is 17.6 Å². The second-order valence-electron chi connectivity index (χ2n) is 10.6. The van der Waals surface area contributed by atoms with Crippen molar-refractivity contribution in [2.75, 3.05) is 19.8 Å². The van der Waals surface area contributed by atoms with Crippen LogP contribution in [-0.2, 0) is 9.47 Å². The molecule has 3 aromatic carbocycles. The van der Waals surface area contributed by atoms with Gasteiger partial charge in [-0.05, 0) is 79.4 Å². The molecule has 0 aliphatic carbocycles. The zero-order valence-electron chi connectivity index (χ0n) is 25.4. The summed E-state index contributed by atoms with van der Waals surface area (Å²) in [4.78, 5) is 25.0. The van der Waals surface area contributed by atoms with Crippen LogP contribution in [0, 0.1) is 0 Å². The summed E-state index contributed by atoms with van der Waals surface area (Å²) in [6, 6.07) is 21.6. The van der Waals surface area contributed by atoms with Gasteiger partial charge >= 0.3 is 11.9 Å². The molecule has 42 heavy (non-hydrogen) atoms. The van der Waals surface area contributed by atoms with Crippen LogP contribution < -0.4 is 9.47 Å². The fourth-order valence-electron chi connectivity index (χ4n) is 4.47. The second-order valence-corrected chi connectivity index (χ2v) is 10.6. The number of carbonyl (C=O) groups is 2.